The van der Waals surface area contributed by atoms with Crippen LogP contribution >= 0.6 is 0 Å². The van der Waals surface area contributed by atoms with E-state index in [9.17, 15) is 14.7 Å². The first kappa shape index (κ1) is 21.8. The van der Waals surface area contributed by atoms with Crippen LogP contribution in [-0.4, -0.2) is 28.1 Å². The number of ether oxygens (including phenoxy) is 1. The number of aliphatic hydroxyl groups is 1. The molecule has 4 aromatic rings. The van der Waals surface area contributed by atoms with E-state index in [2.05, 4.69) is 15.3 Å². The molecule has 0 bridgehead atoms. The number of carbonyl (C=O) groups is 1. The molecule has 7 heteroatoms. The molecular weight excluding hydrogens is 418 g/mol. The Hall–Kier alpha value is -4.39. The number of benzene rings is 3. The summed E-state index contributed by atoms with van der Waals surface area (Å²) in [7, 11) is 1.53. The van der Waals surface area contributed by atoms with Gasteiger partial charge in [0.15, 0.2) is 0 Å². The quantitative estimate of drug-likeness (QED) is 0.384. The van der Waals surface area contributed by atoms with Gasteiger partial charge in [0.25, 0.3) is 11.5 Å². The fourth-order valence-electron chi connectivity index (χ4n) is 3.36. The zero-order chi connectivity index (χ0) is 23.5. The Morgan fingerprint density at radius 1 is 1.03 bits per heavy atom. The summed E-state index contributed by atoms with van der Waals surface area (Å²) in [5, 5.41) is 13.3. The SMILES string of the molecule is COc1cccc(C(O)=Cc2nc3ccc(C(=O)Nc4ccc(C)c(C)c4)cc3[nH]c2=O)c1. The third-order valence-corrected chi connectivity index (χ3v) is 5.38. The second-order valence-electron chi connectivity index (χ2n) is 7.70. The Bertz CT molecular complexity index is 1450. The first-order chi connectivity index (χ1) is 15.8. The minimum atomic E-state index is -0.483. The molecule has 0 radical (unpaired) electrons. The first-order valence-corrected chi connectivity index (χ1v) is 10.3. The van der Waals surface area contributed by atoms with Crippen molar-refractivity contribution in [2.45, 2.75) is 13.8 Å². The van der Waals surface area contributed by atoms with Crippen LogP contribution in [0.5, 0.6) is 5.75 Å². The van der Waals surface area contributed by atoms with Crippen molar-refractivity contribution in [2.24, 2.45) is 0 Å². The number of amides is 1. The predicted octanol–water partition coefficient (Wildman–Crippen LogP) is 4.86. The Balaban J connectivity index is 1.62. The van der Waals surface area contributed by atoms with E-state index in [0.29, 0.717) is 33.6 Å². The highest BCUT2D eigenvalue weighted by atomic mass is 16.5. The van der Waals surface area contributed by atoms with Crippen molar-refractivity contribution in [1.82, 2.24) is 9.97 Å². The number of aryl methyl sites for hydroxylation is 2. The summed E-state index contributed by atoms with van der Waals surface area (Å²) in [6.07, 6.45) is 1.30. The number of nitrogens with one attached hydrogen (secondary N) is 2. The summed E-state index contributed by atoms with van der Waals surface area (Å²) >= 11 is 0. The third kappa shape index (κ3) is 4.77. The standard InChI is InChI=1S/C26H23N3O4/c1-15-7-9-19(11-16(15)2)27-25(31)18-8-10-21-22(13-18)29-26(32)23(28-21)14-24(30)17-5-4-6-20(12-17)33-3/h4-14,30H,1-3H3,(H,27,31)(H,29,32). The van der Waals surface area contributed by atoms with Crippen LogP contribution in [0.4, 0.5) is 5.69 Å². The van der Waals surface area contributed by atoms with E-state index in [1.54, 1.807) is 42.5 Å². The monoisotopic (exact) mass is 441 g/mol. The van der Waals surface area contributed by atoms with Gasteiger partial charge < -0.3 is 20.1 Å². The lowest BCUT2D eigenvalue weighted by Gasteiger charge is -2.08. The molecule has 0 saturated heterocycles. The number of H-pyrrole nitrogens is 1. The Morgan fingerprint density at radius 3 is 2.61 bits per heavy atom. The smallest absolute Gasteiger partial charge is 0.274 e. The highest BCUT2D eigenvalue weighted by Crippen LogP contribution is 2.20. The van der Waals surface area contributed by atoms with Crippen LogP contribution < -0.4 is 15.6 Å². The number of aromatic nitrogens is 2. The van der Waals surface area contributed by atoms with Gasteiger partial charge in [-0.15, -0.1) is 0 Å². The lowest BCUT2D eigenvalue weighted by Crippen LogP contribution is -2.14. The molecule has 0 aliphatic carbocycles. The molecule has 0 aliphatic rings. The maximum atomic E-state index is 12.7. The van der Waals surface area contributed by atoms with Gasteiger partial charge in [0.1, 0.15) is 17.2 Å². The number of carbonyl (C=O) groups excluding carboxylic acids is 1. The van der Waals surface area contributed by atoms with Crippen LogP contribution in [0, 0.1) is 13.8 Å². The molecule has 3 N–H and O–H groups in total. The largest absolute Gasteiger partial charge is 0.507 e. The molecule has 7 nitrogen and oxygen atoms in total. The highest BCUT2D eigenvalue weighted by molar-refractivity contribution is 6.06. The molecule has 0 spiro atoms. The lowest BCUT2D eigenvalue weighted by atomic mass is 10.1. The van der Waals surface area contributed by atoms with E-state index < -0.39 is 5.56 Å². The molecule has 166 valence electrons. The van der Waals surface area contributed by atoms with Crippen LogP contribution in [0.3, 0.4) is 0 Å². The summed E-state index contributed by atoms with van der Waals surface area (Å²) in [6.45, 7) is 3.99. The maximum absolute atomic E-state index is 12.7. The van der Waals surface area contributed by atoms with Gasteiger partial charge >= 0.3 is 0 Å². The lowest BCUT2D eigenvalue weighted by molar-refractivity contribution is 0.102. The average molecular weight is 441 g/mol. The van der Waals surface area contributed by atoms with Crippen LogP contribution in [0.2, 0.25) is 0 Å². The number of fused-ring (bicyclic) bond motifs is 1. The Kier molecular flexibility index (Phi) is 5.95. The van der Waals surface area contributed by atoms with E-state index in [1.165, 1.54) is 13.2 Å². The third-order valence-electron chi connectivity index (χ3n) is 5.38. The number of aromatic amines is 1. The van der Waals surface area contributed by atoms with Gasteiger partial charge in [0, 0.05) is 22.9 Å². The first-order valence-electron chi connectivity index (χ1n) is 10.3. The normalized spacial score (nSPS) is 11.4. The van der Waals surface area contributed by atoms with E-state index in [4.69, 9.17) is 4.74 Å². The van der Waals surface area contributed by atoms with E-state index >= 15 is 0 Å². The Labute approximate surface area is 190 Å². The van der Waals surface area contributed by atoms with Gasteiger partial charge in [-0.05, 0) is 67.4 Å². The zero-order valence-corrected chi connectivity index (χ0v) is 18.5. The molecule has 3 aromatic carbocycles. The van der Waals surface area contributed by atoms with Crippen molar-refractivity contribution in [2.75, 3.05) is 12.4 Å². The molecule has 0 atom stereocenters. The number of hydrogen-bond donors (Lipinski definition) is 3. The highest BCUT2D eigenvalue weighted by Gasteiger charge is 2.11. The minimum Gasteiger partial charge on any atom is -0.507 e. The van der Waals surface area contributed by atoms with Crippen molar-refractivity contribution < 1.29 is 14.6 Å². The van der Waals surface area contributed by atoms with Crippen LogP contribution in [-0.2, 0) is 0 Å². The Morgan fingerprint density at radius 2 is 1.85 bits per heavy atom. The number of anilines is 1. The van der Waals surface area contributed by atoms with Gasteiger partial charge in [-0.25, -0.2) is 4.98 Å². The van der Waals surface area contributed by atoms with Gasteiger partial charge in [0.05, 0.1) is 18.1 Å². The second kappa shape index (κ2) is 9.00. The van der Waals surface area contributed by atoms with Gasteiger partial charge in [-0.2, -0.15) is 0 Å². The van der Waals surface area contributed by atoms with Gasteiger partial charge in [0.2, 0.25) is 0 Å². The van der Waals surface area contributed by atoms with Gasteiger partial charge in [-0.3, -0.25) is 9.59 Å². The summed E-state index contributed by atoms with van der Waals surface area (Å²) in [4.78, 5) is 32.3. The molecule has 0 aliphatic heterocycles. The fourth-order valence-corrected chi connectivity index (χ4v) is 3.36. The average Bonchev–Trinajstić information content (AvgIpc) is 2.81. The van der Waals surface area contributed by atoms with Crippen molar-refractivity contribution in [3.8, 4) is 5.75 Å². The molecule has 1 aromatic heterocycles. The van der Waals surface area contributed by atoms with Crippen molar-refractivity contribution >= 4 is 34.5 Å². The molecular formula is C26H23N3O4. The number of rotatable bonds is 5. The van der Waals surface area contributed by atoms with E-state index in [0.717, 1.165) is 11.1 Å². The predicted molar refractivity (Wildman–Crippen MR) is 130 cm³/mol. The molecule has 0 unspecified atom stereocenters. The van der Waals surface area contributed by atoms with Gasteiger partial charge in [-0.1, -0.05) is 18.2 Å². The molecule has 33 heavy (non-hydrogen) atoms. The maximum Gasteiger partial charge on any atom is 0.274 e. The van der Waals surface area contributed by atoms with Crippen LogP contribution in [0.1, 0.15) is 32.7 Å². The topological polar surface area (TPSA) is 104 Å². The number of aliphatic hydroxyl groups excluding tert-OH is 1. The van der Waals surface area contributed by atoms with Crippen LogP contribution in [0.15, 0.2) is 65.5 Å². The van der Waals surface area contributed by atoms with Crippen molar-refractivity contribution in [3.63, 3.8) is 0 Å². The molecule has 4 rings (SSSR count). The van der Waals surface area contributed by atoms with E-state index in [1.807, 2.05) is 32.0 Å². The van der Waals surface area contributed by atoms with Crippen molar-refractivity contribution in [3.05, 3.63) is 99.0 Å². The molecule has 0 fully saturated rings. The number of methoxy groups -OCH3 is 1. The summed E-state index contributed by atoms with van der Waals surface area (Å²) in [5.74, 6) is 0.177. The fraction of sp³-hybridized carbons (Fsp3) is 0.115. The number of hydrogen-bond acceptors (Lipinski definition) is 5. The zero-order valence-electron chi connectivity index (χ0n) is 18.5. The molecule has 1 amide bonds. The van der Waals surface area contributed by atoms with Crippen molar-refractivity contribution in [1.29, 1.82) is 0 Å². The van der Waals surface area contributed by atoms with E-state index in [-0.39, 0.29) is 17.4 Å². The summed E-state index contributed by atoms with van der Waals surface area (Å²) < 4.78 is 5.16. The summed E-state index contributed by atoms with van der Waals surface area (Å²) in [6, 6.07) is 17.4. The minimum absolute atomic E-state index is 0.0511. The number of nitrogens with zero attached hydrogens (tertiary/aromatic N) is 1. The summed E-state index contributed by atoms with van der Waals surface area (Å²) in [5.41, 5.74) is 4.28. The van der Waals surface area contributed by atoms with Crippen LogP contribution in [0.25, 0.3) is 22.9 Å². The molecule has 0 saturated carbocycles. The molecule has 1 heterocycles. The second-order valence-corrected chi connectivity index (χ2v) is 7.70.